The molecule has 0 aliphatic rings. The topological polar surface area (TPSA) is 78.6 Å². The third kappa shape index (κ3) is 10.8. The fraction of sp³-hybridized carbons (Fsp3) is 0.867. The van der Waals surface area contributed by atoms with E-state index in [1.807, 2.05) is 20.8 Å². The number of nitrogens with two attached hydrogens (primary N) is 1. The quantitative estimate of drug-likeness (QED) is 0.521. The lowest BCUT2D eigenvalue weighted by molar-refractivity contribution is -0.155. The van der Waals surface area contributed by atoms with E-state index in [-0.39, 0.29) is 11.9 Å². The predicted molar refractivity (Wildman–Crippen MR) is 78.2 cm³/mol. The Labute approximate surface area is 122 Å². The standard InChI is InChI=1S/C15H29NO4/c1-15(2,3)20-13(17)11-9-7-5-6-8-10-12(16)14(18)19-4/h12H,5-11,16H2,1-4H3. The Kier molecular flexibility index (Phi) is 9.21. The molecular formula is C15H29NO4. The maximum Gasteiger partial charge on any atom is 0.322 e. The van der Waals surface area contributed by atoms with Crippen molar-refractivity contribution in [3.8, 4) is 0 Å². The van der Waals surface area contributed by atoms with Gasteiger partial charge >= 0.3 is 11.9 Å². The molecule has 0 aromatic heterocycles. The van der Waals surface area contributed by atoms with E-state index < -0.39 is 11.6 Å². The second kappa shape index (κ2) is 9.75. The van der Waals surface area contributed by atoms with Gasteiger partial charge in [0.25, 0.3) is 0 Å². The molecule has 0 radical (unpaired) electrons. The van der Waals surface area contributed by atoms with Crippen LogP contribution in [0.25, 0.3) is 0 Å². The first-order valence-electron chi connectivity index (χ1n) is 7.31. The number of hydrogen-bond donors (Lipinski definition) is 1. The van der Waals surface area contributed by atoms with Crippen LogP contribution >= 0.6 is 0 Å². The molecule has 5 nitrogen and oxygen atoms in total. The molecule has 0 heterocycles. The summed E-state index contributed by atoms with van der Waals surface area (Å²) in [5.74, 6) is -0.486. The lowest BCUT2D eigenvalue weighted by atomic mass is 10.1. The minimum absolute atomic E-state index is 0.134. The molecule has 118 valence electrons. The van der Waals surface area contributed by atoms with E-state index in [1.165, 1.54) is 7.11 Å². The predicted octanol–water partition coefficient (Wildman–Crippen LogP) is 2.56. The molecule has 0 aliphatic carbocycles. The number of esters is 2. The van der Waals surface area contributed by atoms with Gasteiger partial charge in [0, 0.05) is 6.42 Å². The summed E-state index contributed by atoms with van der Waals surface area (Å²) in [6, 6.07) is -0.512. The normalized spacial score (nSPS) is 12.8. The highest BCUT2D eigenvalue weighted by molar-refractivity contribution is 5.75. The zero-order chi connectivity index (χ0) is 15.6. The number of rotatable bonds is 9. The van der Waals surface area contributed by atoms with Crippen molar-refractivity contribution in [1.29, 1.82) is 0 Å². The Morgan fingerprint density at radius 3 is 2.15 bits per heavy atom. The molecule has 0 bridgehead atoms. The summed E-state index contributed by atoms with van der Waals surface area (Å²) in [5.41, 5.74) is 5.23. The summed E-state index contributed by atoms with van der Waals surface area (Å²) in [5, 5.41) is 0. The number of unbranched alkanes of at least 4 members (excludes halogenated alkanes) is 4. The van der Waals surface area contributed by atoms with Crippen LogP contribution in [0.1, 0.15) is 65.7 Å². The maximum atomic E-state index is 11.5. The Bertz CT molecular complexity index is 297. The highest BCUT2D eigenvalue weighted by atomic mass is 16.6. The summed E-state index contributed by atoms with van der Waals surface area (Å²) in [6.45, 7) is 5.61. The van der Waals surface area contributed by atoms with Crippen molar-refractivity contribution in [3.05, 3.63) is 0 Å². The van der Waals surface area contributed by atoms with Crippen LogP contribution in [-0.2, 0) is 19.1 Å². The van der Waals surface area contributed by atoms with Crippen molar-refractivity contribution in [2.75, 3.05) is 7.11 Å². The van der Waals surface area contributed by atoms with E-state index >= 15 is 0 Å². The minimum Gasteiger partial charge on any atom is -0.468 e. The lowest BCUT2D eigenvalue weighted by Crippen LogP contribution is -2.31. The summed E-state index contributed by atoms with van der Waals surface area (Å²) in [7, 11) is 1.35. The average molecular weight is 287 g/mol. The molecule has 1 unspecified atom stereocenters. The van der Waals surface area contributed by atoms with Crippen LogP contribution in [0.4, 0.5) is 0 Å². The van der Waals surface area contributed by atoms with Gasteiger partial charge < -0.3 is 15.2 Å². The van der Waals surface area contributed by atoms with Crippen LogP contribution in [0, 0.1) is 0 Å². The molecule has 0 rings (SSSR count). The van der Waals surface area contributed by atoms with E-state index in [0.29, 0.717) is 12.8 Å². The third-order valence-corrected chi connectivity index (χ3v) is 2.82. The third-order valence-electron chi connectivity index (χ3n) is 2.82. The fourth-order valence-electron chi connectivity index (χ4n) is 1.83. The highest BCUT2D eigenvalue weighted by Gasteiger charge is 2.15. The first-order valence-corrected chi connectivity index (χ1v) is 7.31. The zero-order valence-electron chi connectivity index (χ0n) is 13.2. The van der Waals surface area contributed by atoms with Crippen LogP contribution < -0.4 is 5.73 Å². The number of carbonyl (C=O) groups excluding carboxylic acids is 2. The van der Waals surface area contributed by atoms with E-state index in [0.717, 1.165) is 32.1 Å². The van der Waals surface area contributed by atoms with Crippen LogP contribution in [0.5, 0.6) is 0 Å². The second-order valence-electron chi connectivity index (χ2n) is 6.02. The molecular weight excluding hydrogens is 258 g/mol. The molecule has 5 heteroatoms. The molecule has 20 heavy (non-hydrogen) atoms. The van der Waals surface area contributed by atoms with E-state index in [9.17, 15) is 9.59 Å². The minimum atomic E-state index is -0.512. The average Bonchev–Trinajstić information content (AvgIpc) is 2.34. The lowest BCUT2D eigenvalue weighted by Gasteiger charge is -2.19. The van der Waals surface area contributed by atoms with Crippen molar-refractivity contribution in [2.45, 2.75) is 77.4 Å². The molecule has 0 amide bonds. The van der Waals surface area contributed by atoms with E-state index in [4.69, 9.17) is 10.5 Å². The molecule has 0 aliphatic heterocycles. The summed E-state index contributed by atoms with van der Waals surface area (Å²) >= 11 is 0. The summed E-state index contributed by atoms with van der Waals surface area (Å²) in [6.07, 6.45) is 5.92. The van der Waals surface area contributed by atoms with Crippen molar-refractivity contribution in [3.63, 3.8) is 0 Å². The monoisotopic (exact) mass is 287 g/mol. The molecule has 0 saturated heterocycles. The first kappa shape index (κ1) is 18.9. The highest BCUT2D eigenvalue weighted by Crippen LogP contribution is 2.12. The SMILES string of the molecule is COC(=O)C(N)CCCCCCCC(=O)OC(C)(C)C. The van der Waals surface area contributed by atoms with E-state index in [2.05, 4.69) is 4.74 Å². The fourth-order valence-corrected chi connectivity index (χ4v) is 1.83. The summed E-state index contributed by atoms with van der Waals surface area (Å²) in [4.78, 5) is 22.5. The van der Waals surface area contributed by atoms with Crippen molar-refractivity contribution in [2.24, 2.45) is 5.73 Å². The zero-order valence-corrected chi connectivity index (χ0v) is 13.2. The van der Waals surface area contributed by atoms with Crippen LogP contribution in [-0.4, -0.2) is 30.7 Å². The smallest absolute Gasteiger partial charge is 0.322 e. The second-order valence-corrected chi connectivity index (χ2v) is 6.02. The first-order chi connectivity index (χ1) is 9.26. The van der Waals surface area contributed by atoms with Gasteiger partial charge in [-0.2, -0.15) is 0 Å². The Morgan fingerprint density at radius 2 is 1.60 bits per heavy atom. The largest absolute Gasteiger partial charge is 0.468 e. The number of carbonyl (C=O) groups is 2. The van der Waals surface area contributed by atoms with Gasteiger partial charge in [-0.05, 0) is 33.6 Å². The number of hydrogen-bond acceptors (Lipinski definition) is 5. The van der Waals surface area contributed by atoms with Crippen LogP contribution in [0.2, 0.25) is 0 Å². The maximum absolute atomic E-state index is 11.5. The van der Waals surface area contributed by atoms with Gasteiger partial charge in [-0.15, -0.1) is 0 Å². The van der Waals surface area contributed by atoms with Gasteiger partial charge in [0.05, 0.1) is 7.11 Å². The molecule has 2 N–H and O–H groups in total. The van der Waals surface area contributed by atoms with Crippen molar-refractivity contribution < 1.29 is 19.1 Å². The Balaban J connectivity index is 3.46. The molecule has 0 aromatic rings. The van der Waals surface area contributed by atoms with Gasteiger partial charge in [-0.1, -0.05) is 25.7 Å². The number of ether oxygens (including phenoxy) is 2. The van der Waals surface area contributed by atoms with Gasteiger partial charge in [-0.3, -0.25) is 9.59 Å². The van der Waals surface area contributed by atoms with Gasteiger partial charge in [0.1, 0.15) is 11.6 Å². The Morgan fingerprint density at radius 1 is 1.05 bits per heavy atom. The molecule has 0 saturated carbocycles. The van der Waals surface area contributed by atoms with E-state index in [1.54, 1.807) is 0 Å². The van der Waals surface area contributed by atoms with Gasteiger partial charge in [-0.25, -0.2) is 0 Å². The van der Waals surface area contributed by atoms with Gasteiger partial charge in [0.2, 0.25) is 0 Å². The summed E-state index contributed by atoms with van der Waals surface area (Å²) < 4.78 is 9.79. The van der Waals surface area contributed by atoms with Crippen LogP contribution in [0.3, 0.4) is 0 Å². The number of methoxy groups -OCH3 is 1. The Hall–Kier alpha value is -1.10. The van der Waals surface area contributed by atoms with Gasteiger partial charge in [0.15, 0.2) is 0 Å². The molecule has 0 spiro atoms. The van der Waals surface area contributed by atoms with Crippen LogP contribution in [0.15, 0.2) is 0 Å². The van der Waals surface area contributed by atoms with Crippen molar-refractivity contribution in [1.82, 2.24) is 0 Å². The molecule has 1 atom stereocenters. The molecule has 0 aromatic carbocycles. The van der Waals surface area contributed by atoms with Crippen molar-refractivity contribution >= 4 is 11.9 Å². The molecule has 0 fully saturated rings.